The zero-order valence-electron chi connectivity index (χ0n) is 14.2. The fourth-order valence-corrected chi connectivity index (χ4v) is 3.00. The molecule has 0 bridgehead atoms. The van der Waals surface area contributed by atoms with Crippen LogP contribution in [-0.4, -0.2) is 75.9 Å². The second-order valence-corrected chi connectivity index (χ2v) is 6.45. The van der Waals surface area contributed by atoms with E-state index in [-0.39, 0.29) is 0 Å². The highest BCUT2D eigenvalue weighted by molar-refractivity contribution is 4.85. The van der Waals surface area contributed by atoms with Crippen molar-refractivity contribution in [3.8, 4) is 0 Å². The molecular weight excluding hydrogens is 250 g/mol. The summed E-state index contributed by atoms with van der Waals surface area (Å²) < 4.78 is 5.25. The molecule has 0 aromatic rings. The van der Waals surface area contributed by atoms with E-state index in [0.29, 0.717) is 18.0 Å². The van der Waals surface area contributed by atoms with Crippen molar-refractivity contribution in [1.29, 1.82) is 0 Å². The van der Waals surface area contributed by atoms with Gasteiger partial charge < -0.3 is 19.9 Å². The summed E-state index contributed by atoms with van der Waals surface area (Å²) in [6.45, 7) is 10.2. The minimum absolute atomic E-state index is 0.601. The van der Waals surface area contributed by atoms with Crippen LogP contribution in [0.1, 0.15) is 33.1 Å². The maximum Gasteiger partial charge on any atom is 0.0465 e. The van der Waals surface area contributed by atoms with Crippen molar-refractivity contribution in [1.82, 2.24) is 15.1 Å². The molecule has 3 unspecified atom stereocenters. The first kappa shape index (κ1) is 17.9. The molecule has 0 aromatic carbocycles. The number of ether oxygens (including phenoxy) is 1. The van der Waals surface area contributed by atoms with E-state index in [0.717, 1.165) is 19.6 Å². The fraction of sp³-hybridized carbons (Fsp3) is 1.00. The van der Waals surface area contributed by atoms with Crippen molar-refractivity contribution < 1.29 is 4.74 Å². The Morgan fingerprint density at radius 3 is 2.70 bits per heavy atom. The number of nitrogens with one attached hydrogen (secondary N) is 1. The van der Waals surface area contributed by atoms with Crippen LogP contribution >= 0.6 is 0 Å². The van der Waals surface area contributed by atoms with Gasteiger partial charge in [0, 0.05) is 45.4 Å². The minimum Gasteiger partial charge on any atom is -0.385 e. The molecule has 4 nitrogen and oxygen atoms in total. The number of likely N-dealkylation sites (N-methyl/N-ethyl adjacent to an activating group) is 2. The quantitative estimate of drug-likeness (QED) is 0.697. The molecule has 1 rings (SSSR count). The Morgan fingerprint density at radius 1 is 1.30 bits per heavy atom. The van der Waals surface area contributed by atoms with Gasteiger partial charge in [-0.15, -0.1) is 0 Å². The van der Waals surface area contributed by atoms with E-state index in [4.69, 9.17) is 4.74 Å². The maximum absolute atomic E-state index is 5.25. The van der Waals surface area contributed by atoms with Crippen LogP contribution in [0.3, 0.4) is 0 Å². The molecule has 0 radical (unpaired) electrons. The van der Waals surface area contributed by atoms with E-state index >= 15 is 0 Å². The Kier molecular flexibility index (Phi) is 8.69. The Bertz CT molecular complexity index is 250. The molecule has 1 fully saturated rings. The second kappa shape index (κ2) is 9.72. The Labute approximate surface area is 125 Å². The predicted molar refractivity (Wildman–Crippen MR) is 86.3 cm³/mol. The molecule has 1 saturated heterocycles. The standard InChI is InChI=1S/C16H35N3O/c1-6-8-17-16(14(2)7-11-20-5)12-15-13-18(3)9-10-19(15)4/h14-17H,6-13H2,1-5H3. The fourth-order valence-electron chi connectivity index (χ4n) is 3.00. The number of piperazine rings is 1. The highest BCUT2D eigenvalue weighted by Crippen LogP contribution is 2.18. The van der Waals surface area contributed by atoms with Gasteiger partial charge in [-0.05, 0) is 45.8 Å². The van der Waals surface area contributed by atoms with Crippen molar-refractivity contribution in [3.05, 3.63) is 0 Å². The van der Waals surface area contributed by atoms with Crippen LogP contribution in [0.4, 0.5) is 0 Å². The summed E-state index contributed by atoms with van der Waals surface area (Å²) in [5.74, 6) is 0.669. The highest BCUT2D eigenvalue weighted by atomic mass is 16.5. The Balaban J connectivity index is 2.53. The molecule has 1 N–H and O–H groups in total. The molecule has 0 saturated carbocycles. The van der Waals surface area contributed by atoms with Crippen molar-refractivity contribution >= 4 is 0 Å². The molecule has 0 spiro atoms. The van der Waals surface area contributed by atoms with Gasteiger partial charge in [-0.2, -0.15) is 0 Å². The summed E-state index contributed by atoms with van der Waals surface area (Å²) in [5, 5.41) is 3.76. The molecule has 20 heavy (non-hydrogen) atoms. The summed E-state index contributed by atoms with van der Waals surface area (Å²) in [6, 6.07) is 1.28. The third-order valence-corrected chi connectivity index (χ3v) is 4.63. The normalized spacial score (nSPS) is 24.8. The third-order valence-electron chi connectivity index (χ3n) is 4.63. The van der Waals surface area contributed by atoms with Crippen LogP contribution in [0.25, 0.3) is 0 Å². The van der Waals surface area contributed by atoms with Crippen molar-refractivity contribution in [2.24, 2.45) is 5.92 Å². The minimum atomic E-state index is 0.601. The monoisotopic (exact) mass is 285 g/mol. The summed E-state index contributed by atoms with van der Waals surface area (Å²) >= 11 is 0. The van der Waals surface area contributed by atoms with Crippen LogP contribution in [0.5, 0.6) is 0 Å². The van der Waals surface area contributed by atoms with Crippen molar-refractivity contribution in [2.75, 3.05) is 54.0 Å². The van der Waals surface area contributed by atoms with Gasteiger partial charge in [0.05, 0.1) is 0 Å². The number of hydrogen-bond acceptors (Lipinski definition) is 4. The molecule has 4 heteroatoms. The molecule has 1 aliphatic heterocycles. The summed E-state index contributed by atoms with van der Waals surface area (Å²) in [5.41, 5.74) is 0. The van der Waals surface area contributed by atoms with E-state index < -0.39 is 0 Å². The van der Waals surface area contributed by atoms with Crippen LogP contribution in [0, 0.1) is 5.92 Å². The van der Waals surface area contributed by atoms with Crippen LogP contribution in [-0.2, 0) is 4.74 Å². The van der Waals surface area contributed by atoms with Gasteiger partial charge in [-0.3, -0.25) is 0 Å². The van der Waals surface area contributed by atoms with E-state index in [1.807, 2.05) is 0 Å². The largest absolute Gasteiger partial charge is 0.385 e. The van der Waals surface area contributed by atoms with Gasteiger partial charge in [-0.1, -0.05) is 13.8 Å². The number of nitrogens with zero attached hydrogens (tertiary/aromatic N) is 2. The van der Waals surface area contributed by atoms with Crippen LogP contribution in [0.2, 0.25) is 0 Å². The van der Waals surface area contributed by atoms with Crippen LogP contribution in [0.15, 0.2) is 0 Å². The maximum atomic E-state index is 5.25. The van der Waals surface area contributed by atoms with E-state index in [9.17, 15) is 0 Å². The van der Waals surface area contributed by atoms with Gasteiger partial charge in [-0.25, -0.2) is 0 Å². The van der Waals surface area contributed by atoms with E-state index in [1.165, 1.54) is 32.5 Å². The van der Waals surface area contributed by atoms with E-state index in [1.54, 1.807) is 7.11 Å². The van der Waals surface area contributed by atoms with Gasteiger partial charge in [0.1, 0.15) is 0 Å². The van der Waals surface area contributed by atoms with Gasteiger partial charge in [0.25, 0.3) is 0 Å². The topological polar surface area (TPSA) is 27.7 Å². The molecule has 3 atom stereocenters. The lowest BCUT2D eigenvalue weighted by Crippen LogP contribution is -2.53. The summed E-state index contributed by atoms with van der Waals surface area (Å²) in [6.07, 6.45) is 3.59. The number of methoxy groups -OCH3 is 1. The first-order valence-corrected chi connectivity index (χ1v) is 8.19. The van der Waals surface area contributed by atoms with Gasteiger partial charge in [0.2, 0.25) is 0 Å². The molecule has 120 valence electrons. The average molecular weight is 285 g/mol. The summed E-state index contributed by atoms with van der Waals surface area (Å²) in [7, 11) is 6.31. The van der Waals surface area contributed by atoms with Gasteiger partial charge in [0.15, 0.2) is 0 Å². The lowest BCUT2D eigenvalue weighted by Gasteiger charge is -2.40. The molecule has 0 aromatic heterocycles. The van der Waals surface area contributed by atoms with Crippen LogP contribution < -0.4 is 5.32 Å². The zero-order chi connectivity index (χ0) is 15.0. The first-order chi connectivity index (χ1) is 9.58. The first-order valence-electron chi connectivity index (χ1n) is 8.19. The SMILES string of the molecule is CCCNC(CC1CN(C)CCN1C)C(C)CCOC. The number of rotatable bonds is 9. The summed E-state index contributed by atoms with van der Waals surface area (Å²) in [4.78, 5) is 4.99. The van der Waals surface area contributed by atoms with Crippen molar-refractivity contribution in [3.63, 3.8) is 0 Å². The number of hydrogen-bond donors (Lipinski definition) is 1. The smallest absolute Gasteiger partial charge is 0.0465 e. The van der Waals surface area contributed by atoms with E-state index in [2.05, 4.69) is 43.1 Å². The lowest BCUT2D eigenvalue weighted by molar-refractivity contribution is 0.0912. The second-order valence-electron chi connectivity index (χ2n) is 6.45. The average Bonchev–Trinajstić information content (AvgIpc) is 2.44. The Hall–Kier alpha value is -0.160. The third kappa shape index (κ3) is 6.08. The zero-order valence-corrected chi connectivity index (χ0v) is 14.2. The lowest BCUT2D eigenvalue weighted by atomic mass is 9.91. The van der Waals surface area contributed by atoms with Crippen molar-refractivity contribution in [2.45, 2.75) is 45.2 Å². The van der Waals surface area contributed by atoms with Gasteiger partial charge >= 0.3 is 0 Å². The highest BCUT2D eigenvalue weighted by Gasteiger charge is 2.27. The molecular formula is C16H35N3O. The molecule has 0 aliphatic carbocycles. The molecule has 0 amide bonds. The molecule has 1 heterocycles. The Morgan fingerprint density at radius 2 is 2.05 bits per heavy atom. The molecule has 1 aliphatic rings. The predicted octanol–water partition coefficient (Wildman–Crippen LogP) is 1.66.